The zero-order valence-corrected chi connectivity index (χ0v) is 13.3. The van der Waals surface area contributed by atoms with Gasteiger partial charge >= 0.3 is 5.97 Å². The first-order valence-electron chi connectivity index (χ1n) is 7.48. The van der Waals surface area contributed by atoms with Crippen molar-refractivity contribution >= 4 is 17.7 Å². The van der Waals surface area contributed by atoms with E-state index in [0.29, 0.717) is 17.8 Å². The van der Waals surface area contributed by atoms with Gasteiger partial charge in [0.15, 0.2) is 0 Å². The number of ether oxygens (including phenoxy) is 1. The lowest BCUT2D eigenvalue weighted by molar-refractivity contribution is -0.116. The van der Waals surface area contributed by atoms with Gasteiger partial charge in [0.05, 0.1) is 12.7 Å². The summed E-state index contributed by atoms with van der Waals surface area (Å²) < 4.78 is 4.59. The summed E-state index contributed by atoms with van der Waals surface area (Å²) in [6.07, 6.45) is 3.44. The molecule has 5 heteroatoms. The largest absolute Gasteiger partial charge is 0.465 e. The van der Waals surface area contributed by atoms with Gasteiger partial charge in [-0.25, -0.2) is 9.78 Å². The van der Waals surface area contributed by atoms with Crippen LogP contribution >= 0.6 is 0 Å². The summed E-state index contributed by atoms with van der Waals surface area (Å²) in [6, 6.07) is 11.5. The van der Waals surface area contributed by atoms with Crippen molar-refractivity contribution in [2.45, 2.75) is 26.2 Å². The van der Waals surface area contributed by atoms with Crippen molar-refractivity contribution < 1.29 is 14.3 Å². The Balaban J connectivity index is 1.78. The quantitative estimate of drug-likeness (QED) is 0.832. The fraction of sp³-hybridized carbons (Fsp3) is 0.278. The lowest BCUT2D eigenvalue weighted by Gasteiger charge is -2.05. The molecule has 1 heterocycles. The van der Waals surface area contributed by atoms with E-state index in [1.54, 1.807) is 12.1 Å². The Morgan fingerprint density at radius 3 is 2.48 bits per heavy atom. The van der Waals surface area contributed by atoms with Gasteiger partial charge in [0, 0.05) is 12.6 Å². The van der Waals surface area contributed by atoms with Gasteiger partial charge in [-0.3, -0.25) is 4.79 Å². The van der Waals surface area contributed by atoms with E-state index in [1.807, 2.05) is 0 Å². The fourth-order valence-electron chi connectivity index (χ4n) is 2.12. The molecule has 1 amide bonds. The van der Waals surface area contributed by atoms with E-state index in [-0.39, 0.29) is 5.91 Å². The van der Waals surface area contributed by atoms with Crippen LogP contribution in [0.3, 0.4) is 0 Å². The van der Waals surface area contributed by atoms with E-state index >= 15 is 0 Å². The van der Waals surface area contributed by atoms with E-state index in [1.165, 1.54) is 24.4 Å². The number of hydrogen-bond acceptors (Lipinski definition) is 4. The first-order chi connectivity index (χ1) is 11.1. The highest BCUT2D eigenvalue weighted by Crippen LogP contribution is 2.09. The van der Waals surface area contributed by atoms with Gasteiger partial charge in [-0.15, -0.1) is 0 Å². The third-order valence-corrected chi connectivity index (χ3v) is 3.44. The number of nitrogens with one attached hydrogen (secondary N) is 1. The molecule has 1 aromatic heterocycles. The van der Waals surface area contributed by atoms with Crippen LogP contribution in [-0.4, -0.2) is 24.0 Å². The van der Waals surface area contributed by atoms with Gasteiger partial charge in [-0.05, 0) is 37.5 Å². The highest BCUT2D eigenvalue weighted by atomic mass is 16.5. The van der Waals surface area contributed by atoms with Crippen LogP contribution in [0.25, 0.3) is 0 Å². The molecule has 0 bridgehead atoms. The zero-order chi connectivity index (χ0) is 16.7. The smallest absolute Gasteiger partial charge is 0.339 e. The second kappa shape index (κ2) is 8.08. The van der Waals surface area contributed by atoms with Gasteiger partial charge in [-0.1, -0.05) is 29.8 Å². The molecular formula is C18H20N2O3. The summed E-state index contributed by atoms with van der Waals surface area (Å²) in [5.41, 5.74) is 2.81. The second-order valence-electron chi connectivity index (χ2n) is 5.31. The Morgan fingerprint density at radius 2 is 1.87 bits per heavy atom. The van der Waals surface area contributed by atoms with Crippen LogP contribution in [0, 0.1) is 6.92 Å². The lowest BCUT2D eigenvalue weighted by atomic mass is 10.1. The fourth-order valence-corrected chi connectivity index (χ4v) is 2.12. The summed E-state index contributed by atoms with van der Waals surface area (Å²) in [4.78, 5) is 27.2. The van der Waals surface area contributed by atoms with Crippen molar-refractivity contribution in [3.05, 3.63) is 59.3 Å². The number of anilines is 1. The molecule has 2 aromatic rings. The highest BCUT2D eigenvalue weighted by molar-refractivity contribution is 5.91. The Hall–Kier alpha value is -2.69. The average Bonchev–Trinajstić information content (AvgIpc) is 2.56. The minimum Gasteiger partial charge on any atom is -0.465 e. The first kappa shape index (κ1) is 16.7. The number of aromatic nitrogens is 1. The molecule has 1 N–H and O–H groups in total. The normalized spacial score (nSPS) is 10.2. The number of esters is 1. The molecule has 5 nitrogen and oxygen atoms in total. The van der Waals surface area contributed by atoms with E-state index < -0.39 is 5.97 Å². The van der Waals surface area contributed by atoms with Gasteiger partial charge in [0.25, 0.3) is 0 Å². The first-order valence-corrected chi connectivity index (χ1v) is 7.48. The number of benzene rings is 1. The monoisotopic (exact) mass is 312 g/mol. The van der Waals surface area contributed by atoms with Gasteiger partial charge in [-0.2, -0.15) is 0 Å². The van der Waals surface area contributed by atoms with Crippen LogP contribution in [0.2, 0.25) is 0 Å². The molecule has 0 saturated heterocycles. The number of methoxy groups -OCH3 is 1. The zero-order valence-electron chi connectivity index (χ0n) is 13.3. The van der Waals surface area contributed by atoms with Gasteiger partial charge < -0.3 is 10.1 Å². The number of rotatable bonds is 6. The van der Waals surface area contributed by atoms with E-state index in [0.717, 1.165) is 12.8 Å². The molecule has 23 heavy (non-hydrogen) atoms. The number of amides is 1. The van der Waals surface area contributed by atoms with Crippen LogP contribution in [0.4, 0.5) is 5.82 Å². The summed E-state index contributed by atoms with van der Waals surface area (Å²) in [5, 5.41) is 2.72. The molecule has 0 aliphatic carbocycles. The summed E-state index contributed by atoms with van der Waals surface area (Å²) in [5.74, 6) is -0.109. The summed E-state index contributed by atoms with van der Waals surface area (Å²) >= 11 is 0. The standard InChI is InChI=1S/C18H20N2O3/c1-13-6-8-14(9-7-13)4-3-5-17(21)20-16-11-10-15(12-19-16)18(22)23-2/h6-12H,3-5H2,1-2H3,(H,19,20,21). The van der Waals surface area contributed by atoms with Crippen molar-refractivity contribution in [1.29, 1.82) is 0 Å². The predicted molar refractivity (Wildman–Crippen MR) is 88.3 cm³/mol. The maximum Gasteiger partial charge on any atom is 0.339 e. The SMILES string of the molecule is COC(=O)c1ccc(NC(=O)CCCc2ccc(C)cc2)nc1. The Kier molecular flexibility index (Phi) is 5.86. The van der Waals surface area contributed by atoms with E-state index in [9.17, 15) is 9.59 Å². The molecular weight excluding hydrogens is 292 g/mol. The van der Waals surface area contributed by atoms with Crippen LogP contribution < -0.4 is 5.32 Å². The number of hydrogen-bond donors (Lipinski definition) is 1. The van der Waals surface area contributed by atoms with Crippen molar-refractivity contribution in [2.75, 3.05) is 12.4 Å². The highest BCUT2D eigenvalue weighted by Gasteiger charge is 2.07. The lowest BCUT2D eigenvalue weighted by Crippen LogP contribution is -2.13. The molecule has 0 radical (unpaired) electrons. The average molecular weight is 312 g/mol. The molecule has 0 saturated carbocycles. The number of aryl methyl sites for hydroxylation is 2. The molecule has 0 fully saturated rings. The predicted octanol–water partition coefficient (Wildman–Crippen LogP) is 3.14. The molecule has 0 unspecified atom stereocenters. The van der Waals surface area contributed by atoms with Crippen molar-refractivity contribution in [3.8, 4) is 0 Å². The Labute approximate surface area is 135 Å². The van der Waals surface area contributed by atoms with E-state index in [2.05, 4.69) is 46.2 Å². The minimum absolute atomic E-state index is 0.0876. The van der Waals surface area contributed by atoms with Crippen molar-refractivity contribution in [2.24, 2.45) is 0 Å². The second-order valence-corrected chi connectivity index (χ2v) is 5.31. The van der Waals surface area contributed by atoms with Crippen LogP contribution in [0.5, 0.6) is 0 Å². The summed E-state index contributed by atoms with van der Waals surface area (Å²) in [7, 11) is 1.31. The molecule has 1 aromatic carbocycles. The minimum atomic E-state index is -0.450. The Morgan fingerprint density at radius 1 is 1.13 bits per heavy atom. The number of carbonyl (C=O) groups is 2. The number of nitrogens with zero attached hydrogens (tertiary/aromatic N) is 1. The van der Waals surface area contributed by atoms with Gasteiger partial charge in [0.1, 0.15) is 5.82 Å². The maximum atomic E-state index is 11.9. The van der Waals surface area contributed by atoms with Crippen LogP contribution in [-0.2, 0) is 16.0 Å². The molecule has 120 valence electrons. The molecule has 0 aliphatic rings. The third-order valence-electron chi connectivity index (χ3n) is 3.44. The van der Waals surface area contributed by atoms with Crippen molar-refractivity contribution in [1.82, 2.24) is 4.98 Å². The topological polar surface area (TPSA) is 68.3 Å². The molecule has 0 atom stereocenters. The van der Waals surface area contributed by atoms with Crippen LogP contribution in [0.1, 0.15) is 34.3 Å². The van der Waals surface area contributed by atoms with Crippen molar-refractivity contribution in [3.63, 3.8) is 0 Å². The maximum absolute atomic E-state index is 11.9. The van der Waals surface area contributed by atoms with Crippen LogP contribution in [0.15, 0.2) is 42.6 Å². The third kappa shape index (κ3) is 5.21. The molecule has 0 aliphatic heterocycles. The number of carbonyl (C=O) groups excluding carboxylic acids is 2. The van der Waals surface area contributed by atoms with E-state index in [4.69, 9.17) is 0 Å². The molecule has 2 rings (SSSR count). The Bertz CT molecular complexity index is 664. The van der Waals surface area contributed by atoms with Gasteiger partial charge in [0.2, 0.25) is 5.91 Å². The molecule has 0 spiro atoms. The summed E-state index contributed by atoms with van der Waals surface area (Å²) in [6.45, 7) is 2.05. The number of pyridine rings is 1.